The maximum absolute atomic E-state index is 12.7. The molecule has 2 aliphatic rings. The molecule has 0 bridgehead atoms. The number of hydrogen-bond acceptors (Lipinski definition) is 5. The van der Waals surface area contributed by atoms with Crippen LogP contribution in [0.2, 0.25) is 0 Å². The van der Waals surface area contributed by atoms with Gasteiger partial charge in [0.1, 0.15) is 0 Å². The molecule has 1 aromatic carbocycles. The second-order valence-electron chi connectivity index (χ2n) is 7.11. The minimum Gasteiger partial charge on any atom is -0.340 e. The second kappa shape index (κ2) is 6.59. The fraction of sp³-hybridized carbons (Fsp3) is 0.526. The molecule has 1 aliphatic heterocycles. The van der Waals surface area contributed by atoms with Crippen LogP contribution in [0.1, 0.15) is 48.5 Å². The van der Waals surface area contributed by atoms with Crippen LogP contribution >= 0.6 is 0 Å². The maximum atomic E-state index is 12.7. The molecule has 2 aromatic rings. The number of hydrogen-bond donors (Lipinski definition) is 1. The van der Waals surface area contributed by atoms with Gasteiger partial charge < -0.3 is 9.42 Å². The van der Waals surface area contributed by atoms with E-state index in [9.17, 15) is 4.79 Å². The van der Waals surface area contributed by atoms with Gasteiger partial charge in [-0.2, -0.15) is 4.98 Å². The van der Waals surface area contributed by atoms with E-state index in [0.717, 1.165) is 38.6 Å². The zero-order valence-corrected chi connectivity index (χ0v) is 14.6. The molecule has 1 aromatic heterocycles. The first kappa shape index (κ1) is 16.3. The lowest BCUT2D eigenvalue weighted by Gasteiger charge is -2.31. The highest BCUT2D eigenvalue weighted by molar-refractivity contribution is 5.78. The Morgan fingerprint density at radius 1 is 1.28 bits per heavy atom. The molecular weight excluding hydrogens is 316 g/mol. The van der Waals surface area contributed by atoms with Gasteiger partial charge in [-0.1, -0.05) is 42.3 Å². The van der Waals surface area contributed by atoms with E-state index in [0.29, 0.717) is 24.8 Å². The van der Waals surface area contributed by atoms with E-state index in [1.165, 1.54) is 11.1 Å². The van der Waals surface area contributed by atoms with Crippen molar-refractivity contribution in [3.05, 3.63) is 47.1 Å². The molecular formula is C19H24N4O2. The van der Waals surface area contributed by atoms with Gasteiger partial charge in [0.15, 0.2) is 5.82 Å². The Morgan fingerprint density at radius 3 is 2.76 bits per heavy atom. The summed E-state index contributed by atoms with van der Waals surface area (Å²) in [5.74, 6) is 1.40. The standard InChI is InChI=1S/C19H24N4O2/c1-14-21-18(22-25-14)19(9-4-5-10-19)20-12-17(24)23-11-8-15-6-2-3-7-16(15)13-23/h2-3,6-7,20H,4-5,8-13H2,1H3. The fourth-order valence-electron chi connectivity index (χ4n) is 4.02. The molecule has 6 nitrogen and oxygen atoms in total. The van der Waals surface area contributed by atoms with Crippen LogP contribution < -0.4 is 5.32 Å². The number of amides is 1. The number of fused-ring (bicyclic) bond motifs is 1. The molecule has 1 aliphatic carbocycles. The lowest BCUT2D eigenvalue weighted by atomic mass is 9.96. The van der Waals surface area contributed by atoms with E-state index < -0.39 is 0 Å². The SMILES string of the molecule is Cc1nc(C2(NCC(=O)N3CCc4ccccc4C3)CCCC2)no1. The number of benzene rings is 1. The molecule has 0 saturated heterocycles. The third kappa shape index (κ3) is 3.18. The van der Waals surface area contributed by atoms with Gasteiger partial charge in [0.25, 0.3) is 0 Å². The highest BCUT2D eigenvalue weighted by Crippen LogP contribution is 2.37. The minimum atomic E-state index is -0.318. The number of aromatic nitrogens is 2. The average Bonchev–Trinajstić information content (AvgIpc) is 3.29. The summed E-state index contributed by atoms with van der Waals surface area (Å²) in [7, 11) is 0. The number of aryl methyl sites for hydroxylation is 1. The normalized spacial score (nSPS) is 19.0. The highest BCUT2D eigenvalue weighted by Gasteiger charge is 2.40. The first-order valence-corrected chi connectivity index (χ1v) is 9.07. The summed E-state index contributed by atoms with van der Waals surface area (Å²) in [5.41, 5.74) is 2.29. The van der Waals surface area contributed by atoms with Crippen LogP contribution in [0.4, 0.5) is 0 Å². The van der Waals surface area contributed by atoms with Crippen LogP contribution in [0.3, 0.4) is 0 Å². The fourth-order valence-corrected chi connectivity index (χ4v) is 4.02. The number of carbonyl (C=O) groups is 1. The van der Waals surface area contributed by atoms with E-state index >= 15 is 0 Å². The molecule has 0 radical (unpaired) electrons. The number of carbonyl (C=O) groups excluding carboxylic acids is 1. The predicted molar refractivity (Wildman–Crippen MR) is 92.7 cm³/mol. The van der Waals surface area contributed by atoms with Crippen LogP contribution in [0.5, 0.6) is 0 Å². The van der Waals surface area contributed by atoms with Gasteiger partial charge >= 0.3 is 0 Å². The zero-order valence-electron chi connectivity index (χ0n) is 14.6. The van der Waals surface area contributed by atoms with Crippen molar-refractivity contribution >= 4 is 5.91 Å². The van der Waals surface area contributed by atoms with Crippen molar-refractivity contribution in [2.24, 2.45) is 0 Å². The monoisotopic (exact) mass is 340 g/mol. The lowest BCUT2D eigenvalue weighted by Crippen LogP contribution is -2.48. The van der Waals surface area contributed by atoms with Crippen LogP contribution in [-0.4, -0.2) is 34.0 Å². The average molecular weight is 340 g/mol. The quantitative estimate of drug-likeness (QED) is 0.925. The molecule has 0 unspecified atom stereocenters. The lowest BCUT2D eigenvalue weighted by molar-refractivity contribution is -0.131. The summed E-state index contributed by atoms with van der Waals surface area (Å²) in [4.78, 5) is 19.1. The van der Waals surface area contributed by atoms with Crippen molar-refractivity contribution < 1.29 is 9.32 Å². The van der Waals surface area contributed by atoms with E-state index in [1.54, 1.807) is 6.92 Å². The van der Waals surface area contributed by atoms with E-state index in [4.69, 9.17) is 4.52 Å². The Labute approximate surface area is 147 Å². The van der Waals surface area contributed by atoms with Gasteiger partial charge in [-0.15, -0.1) is 0 Å². The first-order chi connectivity index (χ1) is 12.2. The van der Waals surface area contributed by atoms with E-state index in [2.05, 4.69) is 33.7 Å². The molecule has 25 heavy (non-hydrogen) atoms. The van der Waals surface area contributed by atoms with Crippen molar-refractivity contribution in [1.82, 2.24) is 20.4 Å². The van der Waals surface area contributed by atoms with Gasteiger partial charge in [-0.05, 0) is 30.4 Å². The van der Waals surface area contributed by atoms with Gasteiger partial charge in [-0.3, -0.25) is 10.1 Å². The number of rotatable bonds is 4. The van der Waals surface area contributed by atoms with Gasteiger partial charge in [0.05, 0.1) is 12.1 Å². The Hall–Kier alpha value is -2.21. The number of nitrogens with one attached hydrogen (secondary N) is 1. The molecule has 132 valence electrons. The maximum Gasteiger partial charge on any atom is 0.236 e. The molecule has 2 heterocycles. The van der Waals surface area contributed by atoms with Crippen molar-refractivity contribution in [1.29, 1.82) is 0 Å². The Kier molecular flexibility index (Phi) is 4.29. The topological polar surface area (TPSA) is 71.3 Å². The van der Waals surface area contributed by atoms with Gasteiger partial charge in [0.2, 0.25) is 11.8 Å². The van der Waals surface area contributed by atoms with E-state index in [1.807, 2.05) is 11.0 Å². The van der Waals surface area contributed by atoms with Gasteiger partial charge in [-0.25, -0.2) is 0 Å². The highest BCUT2D eigenvalue weighted by atomic mass is 16.5. The molecule has 6 heteroatoms. The molecule has 1 saturated carbocycles. The Balaban J connectivity index is 1.43. The molecule has 1 N–H and O–H groups in total. The third-order valence-corrected chi connectivity index (χ3v) is 5.47. The molecule has 0 spiro atoms. The summed E-state index contributed by atoms with van der Waals surface area (Å²) >= 11 is 0. The summed E-state index contributed by atoms with van der Waals surface area (Å²) < 4.78 is 5.17. The second-order valence-corrected chi connectivity index (χ2v) is 7.11. The van der Waals surface area contributed by atoms with Crippen LogP contribution in [0.25, 0.3) is 0 Å². The summed E-state index contributed by atoms with van der Waals surface area (Å²) in [6.07, 6.45) is 5.05. The first-order valence-electron chi connectivity index (χ1n) is 9.07. The van der Waals surface area contributed by atoms with Crippen molar-refractivity contribution in [3.8, 4) is 0 Å². The zero-order chi connectivity index (χ0) is 17.3. The molecule has 4 rings (SSSR count). The smallest absolute Gasteiger partial charge is 0.236 e. The van der Waals surface area contributed by atoms with Crippen molar-refractivity contribution in [3.63, 3.8) is 0 Å². The predicted octanol–water partition coefficient (Wildman–Crippen LogP) is 2.32. The van der Waals surface area contributed by atoms with Crippen molar-refractivity contribution in [2.45, 2.75) is 51.1 Å². The largest absolute Gasteiger partial charge is 0.340 e. The number of nitrogens with zero attached hydrogens (tertiary/aromatic N) is 3. The summed E-state index contributed by atoms with van der Waals surface area (Å²) in [6.45, 7) is 3.60. The van der Waals surface area contributed by atoms with Crippen LogP contribution in [0.15, 0.2) is 28.8 Å². The molecule has 1 fully saturated rings. The van der Waals surface area contributed by atoms with Crippen molar-refractivity contribution in [2.75, 3.05) is 13.1 Å². The van der Waals surface area contributed by atoms with Crippen LogP contribution in [-0.2, 0) is 23.3 Å². The molecule has 1 amide bonds. The Bertz CT molecular complexity index is 764. The summed E-state index contributed by atoms with van der Waals surface area (Å²) in [6, 6.07) is 8.37. The minimum absolute atomic E-state index is 0.140. The molecule has 0 atom stereocenters. The van der Waals surface area contributed by atoms with E-state index in [-0.39, 0.29) is 11.4 Å². The third-order valence-electron chi connectivity index (χ3n) is 5.47. The summed E-state index contributed by atoms with van der Waals surface area (Å²) in [5, 5.41) is 7.59. The Morgan fingerprint density at radius 2 is 2.04 bits per heavy atom. The van der Waals surface area contributed by atoms with Gasteiger partial charge in [0, 0.05) is 20.0 Å². The van der Waals surface area contributed by atoms with Crippen LogP contribution in [0, 0.1) is 6.92 Å².